The van der Waals surface area contributed by atoms with Gasteiger partial charge in [0.25, 0.3) is 0 Å². The first kappa shape index (κ1) is 15.4. The summed E-state index contributed by atoms with van der Waals surface area (Å²) in [6, 6.07) is 1.27. The van der Waals surface area contributed by atoms with Gasteiger partial charge in [0.05, 0.1) is 11.3 Å². The van der Waals surface area contributed by atoms with Crippen LogP contribution in [-0.2, 0) is 14.6 Å². The third-order valence-electron chi connectivity index (χ3n) is 2.38. The third kappa shape index (κ3) is 4.16. The Bertz CT molecular complexity index is 587. The van der Waals surface area contributed by atoms with Crippen molar-refractivity contribution in [1.29, 1.82) is 0 Å². The van der Waals surface area contributed by atoms with Gasteiger partial charge in [0.1, 0.15) is 6.61 Å². The van der Waals surface area contributed by atoms with Crippen molar-refractivity contribution in [1.82, 2.24) is 0 Å². The summed E-state index contributed by atoms with van der Waals surface area (Å²) in [6.45, 7) is 1.10. The van der Waals surface area contributed by atoms with Gasteiger partial charge in [0.15, 0.2) is 21.5 Å². The van der Waals surface area contributed by atoms with Crippen LogP contribution in [-0.4, -0.2) is 32.5 Å². The Morgan fingerprint density at radius 2 is 1.89 bits per heavy atom. The highest BCUT2D eigenvalue weighted by molar-refractivity contribution is 7.91. The van der Waals surface area contributed by atoms with Gasteiger partial charge in [0.2, 0.25) is 0 Å². The molecule has 0 unspecified atom stereocenters. The summed E-state index contributed by atoms with van der Waals surface area (Å²) in [6.07, 6.45) is 0. The van der Waals surface area contributed by atoms with Crippen LogP contribution in [0.25, 0.3) is 0 Å². The number of nitrogens with two attached hydrogens (primary N) is 1. The van der Waals surface area contributed by atoms with E-state index in [0.29, 0.717) is 12.1 Å². The van der Waals surface area contributed by atoms with Crippen LogP contribution in [0.1, 0.15) is 17.3 Å². The number of benzene rings is 1. The molecule has 0 fully saturated rings. The van der Waals surface area contributed by atoms with Crippen molar-refractivity contribution in [3.05, 3.63) is 29.3 Å². The fourth-order valence-electron chi connectivity index (χ4n) is 1.22. The molecule has 1 rings (SSSR count). The summed E-state index contributed by atoms with van der Waals surface area (Å²) in [4.78, 5) is 11.5. The largest absolute Gasteiger partial charge is 0.461 e. The normalized spacial score (nSPS) is 11.3. The number of hydrogen-bond acceptors (Lipinski definition) is 5. The molecule has 5 nitrogen and oxygen atoms in total. The molecule has 0 aliphatic heterocycles. The molecule has 0 amide bonds. The van der Waals surface area contributed by atoms with E-state index in [1.54, 1.807) is 0 Å². The second-order valence-corrected chi connectivity index (χ2v) is 6.20. The number of esters is 1. The van der Waals surface area contributed by atoms with Gasteiger partial charge >= 0.3 is 5.97 Å². The minimum atomic E-state index is -3.26. The van der Waals surface area contributed by atoms with Crippen LogP contribution in [0, 0.1) is 11.6 Å². The number of halogens is 2. The van der Waals surface area contributed by atoms with E-state index >= 15 is 0 Å². The van der Waals surface area contributed by atoms with E-state index < -0.39 is 27.4 Å². The summed E-state index contributed by atoms with van der Waals surface area (Å²) >= 11 is 0. The van der Waals surface area contributed by atoms with Crippen molar-refractivity contribution >= 4 is 21.5 Å². The molecule has 0 aromatic heterocycles. The van der Waals surface area contributed by atoms with Gasteiger partial charge in [-0.05, 0) is 6.07 Å². The van der Waals surface area contributed by atoms with Crippen LogP contribution < -0.4 is 5.73 Å². The number of carbonyl (C=O) groups is 1. The van der Waals surface area contributed by atoms with Crippen molar-refractivity contribution in [2.45, 2.75) is 6.92 Å². The van der Waals surface area contributed by atoms with Crippen LogP contribution >= 0.6 is 0 Å². The number of ether oxygens (including phenoxy) is 1. The molecule has 0 spiro atoms. The molecule has 1 aromatic rings. The molecule has 0 saturated heterocycles. The van der Waals surface area contributed by atoms with E-state index in [-0.39, 0.29) is 29.4 Å². The van der Waals surface area contributed by atoms with Crippen molar-refractivity contribution in [3.63, 3.8) is 0 Å². The highest BCUT2D eigenvalue weighted by atomic mass is 32.2. The van der Waals surface area contributed by atoms with Crippen molar-refractivity contribution in [2.75, 3.05) is 23.8 Å². The lowest BCUT2D eigenvalue weighted by molar-refractivity contribution is 0.0530. The SMILES string of the molecule is CCS(=O)(=O)CCOC(=O)c1cc(F)c(F)cc1N. The fourth-order valence-corrected chi connectivity index (χ4v) is 1.85. The Balaban J connectivity index is 2.72. The Morgan fingerprint density at radius 1 is 1.32 bits per heavy atom. The van der Waals surface area contributed by atoms with Gasteiger partial charge in [-0.2, -0.15) is 0 Å². The molecule has 0 saturated carbocycles. The topological polar surface area (TPSA) is 86.5 Å². The summed E-state index contributed by atoms with van der Waals surface area (Å²) in [5.41, 5.74) is 4.73. The van der Waals surface area contributed by atoms with Crippen LogP contribution in [0.15, 0.2) is 12.1 Å². The van der Waals surface area contributed by atoms with E-state index in [1.165, 1.54) is 6.92 Å². The summed E-state index contributed by atoms with van der Waals surface area (Å²) < 4.78 is 52.7. The van der Waals surface area contributed by atoms with Crippen molar-refractivity contribution in [3.8, 4) is 0 Å². The molecular weight excluding hydrogens is 280 g/mol. The Kier molecular flexibility index (Phi) is 4.82. The molecule has 8 heteroatoms. The van der Waals surface area contributed by atoms with Gasteiger partial charge in [-0.1, -0.05) is 6.92 Å². The lowest BCUT2D eigenvalue weighted by atomic mass is 10.1. The van der Waals surface area contributed by atoms with Crippen LogP contribution in [0.4, 0.5) is 14.5 Å². The van der Waals surface area contributed by atoms with Crippen LogP contribution in [0.2, 0.25) is 0 Å². The first-order valence-corrected chi connectivity index (χ1v) is 7.21. The molecule has 2 N–H and O–H groups in total. The molecule has 19 heavy (non-hydrogen) atoms. The lowest BCUT2D eigenvalue weighted by Gasteiger charge is -2.07. The molecule has 1 aromatic carbocycles. The molecule has 0 atom stereocenters. The first-order chi connectivity index (χ1) is 8.76. The quantitative estimate of drug-likeness (QED) is 0.650. The molecule has 106 valence electrons. The predicted octanol–water partition coefficient (Wildman–Crippen LogP) is 1.14. The van der Waals surface area contributed by atoms with Gasteiger partial charge < -0.3 is 10.5 Å². The molecule has 0 aliphatic rings. The Morgan fingerprint density at radius 3 is 2.47 bits per heavy atom. The van der Waals surface area contributed by atoms with E-state index in [4.69, 9.17) is 5.73 Å². The maximum atomic E-state index is 13.0. The number of nitrogen functional groups attached to an aromatic ring is 1. The zero-order valence-corrected chi connectivity index (χ0v) is 11.0. The van der Waals surface area contributed by atoms with Gasteiger partial charge in [-0.25, -0.2) is 22.0 Å². The first-order valence-electron chi connectivity index (χ1n) is 5.39. The van der Waals surface area contributed by atoms with Crippen LogP contribution in [0.3, 0.4) is 0 Å². The highest BCUT2D eigenvalue weighted by Gasteiger charge is 2.16. The van der Waals surface area contributed by atoms with Crippen LogP contribution in [0.5, 0.6) is 0 Å². The minimum Gasteiger partial charge on any atom is -0.461 e. The summed E-state index contributed by atoms with van der Waals surface area (Å²) in [7, 11) is -3.26. The predicted molar refractivity (Wildman–Crippen MR) is 65.4 cm³/mol. The van der Waals surface area contributed by atoms with Gasteiger partial charge in [-0.3, -0.25) is 0 Å². The number of hydrogen-bond donors (Lipinski definition) is 1. The third-order valence-corrected chi connectivity index (χ3v) is 4.05. The maximum Gasteiger partial charge on any atom is 0.340 e. The summed E-state index contributed by atoms with van der Waals surface area (Å²) in [5, 5.41) is 0. The Hall–Kier alpha value is -1.70. The molecule has 0 bridgehead atoms. The van der Waals surface area contributed by atoms with Gasteiger partial charge in [0, 0.05) is 17.5 Å². The number of sulfone groups is 1. The molecule has 0 radical (unpaired) electrons. The standard InChI is InChI=1S/C11H13F2NO4S/c1-2-19(16,17)4-3-18-11(15)7-5-8(12)9(13)6-10(7)14/h5-6H,2-4,14H2,1H3. The highest BCUT2D eigenvalue weighted by Crippen LogP contribution is 2.17. The zero-order valence-electron chi connectivity index (χ0n) is 10.2. The maximum absolute atomic E-state index is 13.0. The van der Waals surface area contributed by atoms with E-state index in [1.807, 2.05) is 0 Å². The average molecular weight is 293 g/mol. The average Bonchev–Trinajstić information content (AvgIpc) is 2.33. The minimum absolute atomic E-state index is 0.0716. The Labute approximate surface area is 109 Å². The lowest BCUT2D eigenvalue weighted by Crippen LogP contribution is -2.17. The van der Waals surface area contributed by atoms with Gasteiger partial charge in [-0.15, -0.1) is 0 Å². The van der Waals surface area contributed by atoms with Crippen molar-refractivity contribution in [2.24, 2.45) is 0 Å². The number of carbonyl (C=O) groups excluding carboxylic acids is 1. The number of anilines is 1. The fraction of sp³-hybridized carbons (Fsp3) is 0.364. The number of rotatable bonds is 5. The summed E-state index contributed by atoms with van der Waals surface area (Å²) in [5.74, 6) is -3.82. The smallest absolute Gasteiger partial charge is 0.340 e. The second-order valence-electron chi connectivity index (χ2n) is 3.73. The zero-order chi connectivity index (χ0) is 14.6. The van der Waals surface area contributed by atoms with Crippen molar-refractivity contribution < 1.29 is 26.7 Å². The monoisotopic (exact) mass is 293 g/mol. The van der Waals surface area contributed by atoms with E-state index in [2.05, 4.69) is 4.74 Å². The molecule has 0 aliphatic carbocycles. The second kappa shape index (κ2) is 5.96. The van der Waals surface area contributed by atoms with E-state index in [0.717, 1.165) is 0 Å². The molecular formula is C11H13F2NO4S. The van der Waals surface area contributed by atoms with E-state index in [9.17, 15) is 22.0 Å². The molecule has 0 heterocycles.